The van der Waals surface area contributed by atoms with Gasteiger partial charge in [-0.1, -0.05) is 60.7 Å². The summed E-state index contributed by atoms with van der Waals surface area (Å²) in [6.45, 7) is 0.558. The fourth-order valence-electron chi connectivity index (χ4n) is 4.72. The molecule has 2 heterocycles. The summed E-state index contributed by atoms with van der Waals surface area (Å²) in [5.41, 5.74) is 1.87. The van der Waals surface area contributed by atoms with Crippen molar-refractivity contribution in [3.63, 3.8) is 0 Å². The summed E-state index contributed by atoms with van der Waals surface area (Å²) in [4.78, 5) is 20.0. The predicted octanol–water partition coefficient (Wildman–Crippen LogP) is 5.10. The lowest BCUT2D eigenvalue weighted by Gasteiger charge is -2.39. The van der Waals surface area contributed by atoms with Crippen LogP contribution in [0.5, 0.6) is 0 Å². The molecule has 1 aliphatic rings. The number of para-hydroxylation sites is 1. The van der Waals surface area contributed by atoms with Crippen LogP contribution < -0.4 is 0 Å². The standard InChI is InChI=1S/C27H27N3O3S2/c1-29(19-26-28-23-14-8-9-15-25(23)34-26)27(31)21-16-17-24(20-10-4-2-5-11-20)30(18-21)35(32,33)22-12-6-3-7-13-22/h2-15,21,24H,16-19H2,1H3. The van der Waals surface area contributed by atoms with Crippen LogP contribution in [0.3, 0.4) is 0 Å². The van der Waals surface area contributed by atoms with Crippen molar-refractivity contribution in [1.82, 2.24) is 14.2 Å². The first-order valence-electron chi connectivity index (χ1n) is 11.6. The van der Waals surface area contributed by atoms with Gasteiger partial charge in [0.2, 0.25) is 15.9 Å². The molecule has 0 aliphatic carbocycles. The van der Waals surface area contributed by atoms with E-state index in [-0.39, 0.29) is 23.4 Å². The lowest BCUT2D eigenvalue weighted by molar-refractivity contribution is -0.136. The number of piperidine rings is 1. The first-order valence-corrected chi connectivity index (χ1v) is 13.9. The molecule has 1 aliphatic heterocycles. The van der Waals surface area contributed by atoms with Crippen molar-refractivity contribution in [2.75, 3.05) is 13.6 Å². The molecule has 2 atom stereocenters. The number of thiazole rings is 1. The van der Waals surface area contributed by atoms with Gasteiger partial charge in [0.1, 0.15) is 5.01 Å². The van der Waals surface area contributed by atoms with Crippen LogP contribution in [0.4, 0.5) is 0 Å². The number of carbonyl (C=O) groups excluding carboxylic acids is 1. The van der Waals surface area contributed by atoms with Gasteiger partial charge in [0.25, 0.3) is 0 Å². The second-order valence-electron chi connectivity index (χ2n) is 8.86. The molecule has 5 rings (SSSR count). The van der Waals surface area contributed by atoms with Gasteiger partial charge >= 0.3 is 0 Å². The zero-order valence-electron chi connectivity index (χ0n) is 19.4. The van der Waals surface area contributed by atoms with E-state index in [0.717, 1.165) is 20.8 Å². The first-order chi connectivity index (χ1) is 16.9. The second-order valence-corrected chi connectivity index (χ2v) is 11.9. The molecular weight excluding hydrogens is 478 g/mol. The smallest absolute Gasteiger partial charge is 0.243 e. The van der Waals surface area contributed by atoms with Crippen molar-refractivity contribution in [2.45, 2.75) is 30.3 Å². The van der Waals surface area contributed by atoms with E-state index >= 15 is 0 Å². The molecule has 0 radical (unpaired) electrons. The fraction of sp³-hybridized carbons (Fsp3) is 0.259. The number of aromatic nitrogens is 1. The molecule has 1 amide bonds. The van der Waals surface area contributed by atoms with E-state index in [1.54, 1.807) is 53.6 Å². The zero-order valence-corrected chi connectivity index (χ0v) is 21.1. The van der Waals surface area contributed by atoms with Crippen LogP contribution >= 0.6 is 11.3 Å². The maximum absolute atomic E-state index is 13.7. The highest BCUT2D eigenvalue weighted by Gasteiger charge is 2.40. The third-order valence-corrected chi connectivity index (χ3v) is 9.42. The minimum absolute atomic E-state index is 0.0518. The molecular formula is C27H27N3O3S2. The van der Waals surface area contributed by atoms with E-state index in [2.05, 4.69) is 4.98 Å². The average Bonchev–Trinajstić information content (AvgIpc) is 3.31. The molecule has 2 unspecified atom stereocenters. The normalized spacial score (nSPS) is 19.0. The number of sulfonamides is 1. The minimum atomic E-state index is -3.78. The van der Waals surface area contributed by atoms with Crippen LogP contribution in [-0.2, 0) is 21.4 Å². The van der Waals surface area contributed by atoms with Crippen molar-refractivity contribution >= 4 is 37.5 Å². The van der Waals surface area contributed by atoms with Crippen LogP contribution in [0.1, 0.15) is 29.5 Å². The molecule has 180 valence electrons. The Kier molecular flexibility index (Phi) is 6.69. The highest BCUT2D eigenvalue weighted by Crippen LogP contribution is 2.38. The van der Waals surface area contributed by atoms with Gasteiger partial charge in [-0.2, -0.15) is 4.31 Å². The van der Waals surface area contributed by atoms with E-state index in [0.29, 0.717) is 19.4 Å². The largest absolute Gasteiger partial charge is 0.339 e. The minimum Gasteiger partial charge on any atom is -0.339 e. The van der Waals surface area contributed by atoms with E-state index < -0.39 is 15.9 Å². The number of carbonyl (C=O) groups is 1. The Morgan fingerprint density at radius 2 is 1.63 bits per heavy atom. The Hall–Kier alpha value is -3.07. The van der Waals surface area contributed by atoms with Gasteiger partial charge in [-0.05, 0) is 42.7 Å². The average molecular weight is 506 g/mol. The Balaban J connectivity index is 1.39. The van der Waals surface area contributed by atoms with E-state index in [1.165, 1.54) is 4.31 Å². The van der Waals surface area contributed by atoms with Crippen molar-refractivity contribution in [1.29, 1.82) is 0 Å². The molecule has 3 aromatic carbocycles. The zero-order chi connectivity index (χ0) is 24.4. The Morgan fingerprint density at radius 3 is 2.34 bits per heavy atom. The van der Waals surface area contributed by atoms with Crippen LogP contribution in [0.15, 0.2) is 89.8 Å². The van der Waals surface area contributed by atoms with Crippen LogP contribution in [0, 0.1) is 5.92 Å². The van der Waals surface area contributed by atoms with Crippen molar-refractivity contribution in [2.24, 2.45) is 5.92 Å². The first kappa shape index (κ1) is 23.7. The molecule has 6 nitrogen and oxygen atoms in total. The van der Waals surface area contributed by atoms with E-state index in [4.69, 9.17) is 0 Å². The monoisotopic (exact) mass is 505 g/mol. The molecule has 1 fully saturated rings. The molecule has 4 aromatic rings. The molecule has 0 bridgehead atoms. The number of nitrogens with zero attached hydrogens (tertiary/aromatic N) is 3. The second kappa shape index (κ2) is 9.89. The van der Waals surface area contributed by atoms with Crippen molar-refractivity contribution in [3.8, 4) is 0 Å². The van der Waals surface area contributed by atoms with Crippen molar-refractivity contribution < 1.29 is 13.2 Å². The fourth-order valence-corrected chi connectivity index (χ4v) is 7.45. The van der Waals surface area contributed by atoms with Gasteiger partial charge in [-0.3, -0.25) is 4.79 Å². The number of benzene rings is 3. The Morgan fingerprint density at radius 1 is 0.971 bits per heavy atom. The molecule has 0 spiro atoms. The summed E-state index contributed by atoms with van der Waals surface area (Å²) in [6.07, 6.45) is 1.21. The quantitative estimate of drug-likeness (QED) is 0.366. The number of rotatable bonds is 6. The SMILES string of the molecule is CN(Cc1nc2ccccc2s1)C(=O)C1CCC(c2ccccc2)N(S(=O)(=O)c2ccccc2)C1. The van der Waals surface area contributed by atoms with Gasteiger partial charge in [0.15, 0.2) is 0 Å². The molecule has 1 saturated heterocycles. The number of hydrogen-bond acceptors (Lipinski definition) is 5. The summed E-state index contributed by atoms with van der Waals surface area (Å²) in [6, 6.07) is 25.8. The van der Waals surface area contributed by atoms with Crippen molar-refractivity contribution in [3.05, 3.63) is 95.5 Å². The third kappa shape index (κ3) is 4.87. The van der Waals surface area contributed by atoms with E-state index in [9.17, 15) is 13.2 Å². The molecule has 8 heteroatoms. The van der Waals surface area contributed by atoms with Crippen LogP contribution in [0.2, 0.25) is 0 Å². The highest BCUT2D eigenvalue weighted by atomic mass is 32.2. The van der Waals surface area contributed by atoms with E-state index in [1.807, 2.05) is 54.6 Å². The summed E-state index contributed by atoms with van der Waals surface area (Å²) in [7, 11) is -2.00. The summed E-state index contributed by atoms with van der Waals surface area (Å²) < 4.78 is 30.0. The van der Waals surface area contributed by atoms with Gasteiger partial charge in [0.05, 0.1) is 33.6 Å². The van der Waals surface area contributed by atoms with Gasteiger partial charge in [-0.15, -0.1) is 11.3 Å². The molecule has 0 saturated carbocycles. The maximum atomic E-state index is 13.7. The summed E-state index contributed by atoms with van der Waals surface area (Å²) in [5, 5.41) is 0.869. The molecule has 1 aromatic heterocycles. The van der Waals surface area contributed by atoms with Gasteiger partial charge in [0, 0.05) is 13.6 Å². The summed E-state index contributed by atoms with van der Waals surface area (Å²) in [5.74, 6) is -0.461. The number of fused-ring (bicyclic) bond motifs is 1. The van der Waals surface area contributed by atoms with Gasteiger partial charge in [-0.25, -0.2) is 13.4 Å². The maximum Gasteiger partial charge on any atom is 0.243 e. The predicted molar refractivity (Wildman–Crippen MR) is 138 cm³/mol. The molecule has 0 N–H and O–H groups in total. The van der Waals surface area contributed by atoms with Crippen LogP contribution in [0.25, 0.3) is 10.2 Å². The lowest BCUT2D eigenvalue weighted by Crippen LogP contribution is -2.47. The van der Waals surface area contributed by atoms with Crippen LogP contribution in [-0.4, -0.2) is 42.1 Å². The Labute approximate surface area is 209 Å². The number of amides is 1. The molecule has 35 heavy (non-hydrogen) atoms. The summed E-state index contributed by atoms with van der Waals surface area (Å²) >= 11 is 1.58. The van der Waals surface area contributed by atoms with Gasteiger partial charge < -0.3 is 4.90 Å². The third-order valence-electron chi connectivity index (χ3n) is 6.51. The highest BCUT2D eigenvalue weighted by molar-refractivity contribution is 7.89. The Bertz CT molecular complexity index is 1390. The lowest BCUT2D eigenvalue weighted by atomic mass is 9.90. The number of hydrogen-bond donors (Lipinski definition) is 0. The topological polar surface area (TPSA) is 70.6 Å².